The minimum atomic E-state index is -0.211. The number of nitrogens with zero attached hydrogens (tertiary/aromatic N) is 2. The Kier molecular flexibility index (Phi) is 3.98. The van der Waals surface area contributed by atoms with Crippen molar-refractivity contribution in [2.24, 2.45) is 0 Å². The Labute approximate surface area is 106 Å². The van der Waals surface area contributed by atoms with E-state index in [2.05, 4.69) is 15.4 Å². The zero-order valence-corrected chi connectivity index (χ0v) is 11.0. The molecule has 1 fully saturated rings. The first-order valence-electron chi connectivity index (χ1n) is 6.14. The van der Waals surface area contributed by atoms with Crippen molar-refractivity contribution in [2.45, 2.75) is 26.0 Å². The number of ether oxygens (including phenoxy) is 1. The van der Waals surface area contributed by atoms with E-state index in [1.165, 1.54) is 0 Å². The van der Waals surface area contributed by atoms with Crippen LogP contribution in [0.25, 0.3) is 0 Å². The van der Waals surface area contributed by atoms with Crippen molar-refractivity contribution >= 4 is 5.91 Å². The van der Waals surface area contributed by atoms with Crippen molar-refractivity contribution in [1.82, 2.24) is 15.4 Å². The lowest BCUT2D eigenvalue weighted by Gasteiger charge is -2.18. The minimum absolute atomic E-state index is 0.000504. The number of nitrogens with one attached hydrogen (secondary N) is 1. The van der Waals surface area contributed by atoms with E-state index in [0.29, 0.717) is 18.1 Å². The highest BCUT2D eigenvalue weighted by atomic mass is 16.5. The van der Waals surface area contributed by atoms with E-state index in [-0.39, 0.29) is 18.1 Å². The third-order valence-electron chi connectivity index (χ3n) is 3.01. The highest BCUT2D eigenvalue weighted by molar-refractivity contribution is 5.92. The van der Waals surface area contributed by atoms with Crippen LogP contribution in [0.1, 0.15) is 23.2 Å². The summed E-state index contributed by atoms with van der Waals surface area (Å²) in [6.07, 6.45) is 0.0388. The van der Waals surface area contributed by atoms with Gasteiger partial charge in [0.2, 0.25) is 0 Å². The van der Waals surface area contributed by atoms with E-state index in [1.807, 2.05) is 14.0 Å². The number of rotatable bonds is 4. The maximum absolute atomic E-state index is 12.0. The summed E-state index contributed by atoms with van der Waals surface area (Å²) in [6.45, 7) is 5.98. The predicted octanol–water partition coefficient (Wildman–Crippen LogP) is 0.432. The summed E-state index contributed by atoms with van der Waals surface area (Å²) >= 11 is 0. The fourth-order valence-corrected chi connectivity index (χ4v) is 2.20. The first kappa shape index (κ1) is 13.0. The number of carbonyl (C=O) groups excluding carboxylic acids is 1. The molecule has 1 aromatic rings. The zero-order chi connectivity index (χ0) is 13.1. The summed E-state index contributed by atoms with van der Waals surface area (Å²) < 4.78 is 10.5. The molecule has 2 heterocycles. The average Bonchev–Trinajstić information content (AvgIpc) is 2.87. The van der Waals surface area contributed by atoms with Crippen molar-refractivity contribution in [1.29, 1.82) is 0 Å². The number of amides is 1. The molecule has 0 radical (unpaired) electrons. The number of likely N-dealkylation sites (tertiary alicyclic amines) is 1. The maximum Gasteiger partial charge on any atom is 0.273 e. The molecule has 0 aromatic carbocycles. The molecule has 1 saturated heterocycles. The van der Waals surface area contributed by atoms with Crippen molar-refractivity contribution < 1.29 is 14.1 Å². The highest BCUT2D eigenvalue weighted by Crippen LogP contribution is 2.12. The quantitative estimate of drug-likeness (QED) is 0.843. The van der Waals surface area contributed by atoms with Gasteiger partial charge in [-0.3, -0.25) is 4.79 Å². The van der Waals surface area contributed by atoms with Gasteiger partial charge in [-0.05, 0) is 20.9 Å². The van der Waals surface area contributed by atoms with Gasteiger partial charge in [-0.25, -0.2) is 0 Å². The molecular formula is C12H19N3O3. The smallest absolute Gasteiger partial charge is 0.273 e. The van der Waals surface area contributed by atoms with Gasteiger partial charge in [-0.2, -0.15) is 0 Å². The fraction of sp³-hybridized carbons (Fsp3) is 0.667. The van der Waals surface area contributed by atoms with Crippen LogP contribution >= 0.6 is 0 Å². The van der Waals surface area contributed by atoms with Gasteiger partial charge in [0.1, 0.15) is 5.76 Å². The first-order valence-corrected chi connectivity index (χ1v) is 6.14. The number of aromatic nitrogens is 1. The van der Waals surface area contributed by atoms with Crippen LogP contribution in [0.3, 0.4) is 0 Å². The molecule has 0 spiro atoms. The van der Waals surface area contributed by atoms with Gasteiger partial charge in [0.15, 0.2) is 5.69 Å². The topological polar surface area (TPSA) is 67.6 Å². The summed E-state index contributed by atoms with van der Waals surface area (Å²) in [5.41, 5.74) is 0.317. The van der Waals surface area contributed by atoms with E-state index in [9.17, 15) is 4.79 Å². The van der Waals surface area contributed by atoms with Gasteiger partial charge in [0.25, 0.3) is 5.91 Å². The van der Waals surface area contributed by atoms with Crippen LogP contribution in [-0.4, -0.2) is 54.9 Å². The second-order valence-electron chi connectivity index (χ2n) is 4.62. The monoisotopic (exact) mass is 253 g/mol. The van der Waals surface area contributed by atoms with Gasteiger partial charge in [0, 0.05) is 25.8 Å². The molecular weight excluding hydrogens is 234 g/mol. The van der Waals surface area contributed by atoms with Crippen LogP contribution in [0.15, 0.2) is 10.6 Å². The summed E-state index contributed by atoms with van der Waals surface area (Å²) in [4.78, 5) is 14.1. The number of hydrogen-bond acceptors (Lipinski definition) is 5. The summed E-state index contributed by atoms with van der Waals surface area (Å²) in [5, 5.41) is 6.65. The van der Waals surface area contributed by atoms with Crippen LogP contribution in [0.5, 0.6) is 0 Å². The SMILES string of the molecule is CCO[C@H]1CN(C)C[C@@H]1NC(=O)c1cc(C)on1. The van der Waals surface area contributed by atoms with Gasteiger partial charge in [-0.15, -0.1) is 0 Å². The van der Waals surface area contributed by atoms with Crippen LogP contribution in [0.4, 0.5) is 0 Å². The molecule has 0 bridgehead atoms. The Morgan fingerprint density at radius 2 is 2.44 bits per heavy atom. The molecule has 0 aliphatic carbocycles. The van der Waals surface area contributed by atoms with Gasteiger partial charge < -0.3 is 19.5 Å². The Morgan fingerprint density at radius 3 is 3.06 bits per heavy atom. The third-order valence-corrected chi connectivity index (χ3v) is 3.01. The highest BCUT2D eigenvalue weighted by Gasteiger charge is 2.33. The molecule has 1 aliphatic rings. The van der Waals surface area contributed by atoms with E-state index in [1.54, 1.807) is 13.0 Å². The van der Waals surface area contributed by atoms with E-state index in [0.717, 1.165) is 13.1 Å². The van der Waals surface area contributed by atoms with Crippen molar-refractivity contribution in [3.63, 3.8) is 0 Å². The van der Waals surface area contributed by atoms with E-state index >= 15 is 0 Å². The number of aryl methyl sites for hydroxylation is 1. The summed E-state index contributed by atoms with van der Waals surface area (Å²) in [6, 6.07) is 1.63. The Hall–Kier alpha value is -1.40. The Morgan fingerprint density at radius 1 is 1.67 bits per heavy atom. The lowest BCUT2D eigenvalue weighted by Crippen LogP contribution is -2.44. The molecule has 100 valence electrons. The molecule has 1 aromatic heterocycles. The lowest BCUT2D eigenvalue weighted by atomic mass is 10.2. The lowest BCUT2D eigenvalue weighted by molar-refractivity contribution is 0.0511. The molecule has 0 unspecified atom stereocenters. The Bertz CT molecular complexity index is 418. The number of hydrogen-bond donors (Lipinski definition) is 1. The Balaban J connectivity index is 1.97. The second kappa shape index (κ2) is 5.49. The third kappa shape index (κ3) is 2.88. The van der Waals surface area contributed by atoms with Crippen LogP contribution in [-0.2, 0) is 4.74 Å². The van der Waals surface area contributed by atoms with Crippen LogP contribution in [0, 0.1) is 6.92 Å². The fourth-order valence-electron chi connectivity index (χ4n) is 2.20. The minimum Gasteiger partial charge on any atom is -0.375 e. The van der Waals surface area contributed by atoms with Gasteiger partial charge in [0.05, 0.1) is 12.1 Å². The van der Waals surface area contributed by atoms with Crippen molar-refractivity contribution in [3.8, 4) is 0 Å². The molecule has 0 saturated carbocycles. The maximum atomic E-state index is 12.0. The first-order chi connectivity index (χ1) is 8.60. The number of likely N-dealkylation sites (N-methyl/N-ethyl adjacent to an activating group) is 1. The molecule has 6 heteroatoms. The standard InChI is InChI=1S/C12H19N3O3/c1-4-17-11-7-15(3)6-10(11)13-12(16)9-5-8(2)18-14-9/h5,10-11H,4,6-7H2,1-3H3,(H,13,16)/t10-,11-/m0/s1. The van der Waals surface area contributed by atoms with Crippen molar-refractivity contribution in [2.75, 3.05) is 26.7 Å². The number of carbonyl (C=O) groups is 1. The van der Waals surface area contributed by atoms with Crippen LogP contribution < -0.4 is 5.32 Å². The molecule has 6 nitrogen and oxygen atoms in total. The second-order valence-corrected chi connectivity index (χ2v) is 4.62. The van der Waals surface area contributed by atoms with E-state index < -0.39 is 0 Å². The summed E-state index contributed by atoms with van der Waals surface area (Å²) in [7, 11) is 2.01. The molecule has 1 N–H and O–H groups in total. The van der Waals surface area contributed by atoms with Gasteiger partial charge in [-0.1, -0.05) is 5.16 Å². The van der Waals surface area contributed by atoms with Crippen molar-refractivity contribution in [3.05, 3.63) is 17.5 Å². The zero-order valence-electron chi connectivity index (χ0n) is 11.0. The molecule has 2 atom stereocenters. The molecule has 1 aliphatic heterocycles. The van der Waals surface area contributed by atoms with Crippen LogP contribution in [0.2, 0.25) is 0 Å². The normalized spacial score (nSPS) is 24.4. The van der Waals surface area contributed by atoms with E-state index in [4.69, 9.17) is 9.26 Å². The largest absolute Gasteiger partial charge is 0.375 e. The molecule has 2 rings (SSSR count). The summed E-state index contributed by atoms with van der Waals surface area (Å²) in [5.74, 6) is 0.418. The average molecular weight is 253 g/mol. The molecule has 1 amide bonds. The predicted molar refractivity (Wildman–Crippen MR) is 65.4 cm³/mol. The molecule has 18 heavy (non-hydrogen) atoms. The van der Waals surface area contributed by atoms with Gasteiger partial charge >= 0.3 is 0 Å².